The van der Waals surface area contributed by atoms with Gasteiger partial charge in [-0.3, -0.25) is 4.40 Å². The van der Waals surface area contributed by atoms with Gasteiger partial charge in [-0.25, -0.2) is 9.18 Å². The van der Waals surface area contributed by atoms with Crippen LogP contribution in [0.2, 0.25) is 0 Å². The minimum atomic E-state index is -1.18. The highest BCUT2D eigenvalue weighted by atomic mass is 32.1. The lowest BCUT2D eigenvalue weighted by atomic mass is 10.2. The molecule has 102 valence electrons. The molecule has 0 unspecified atom stereocenters. The first-order valence-electron chi connectivity index (χ1n) is 5.69. The van der Waals surface area contributed by atoms with E-state index in [0.29, 0.717) is 4.96 Å². The molecule has 0 saturated heterocycles. The molecule has 5 nitrogen and oxygen atoms in total. The molecule has 0 bridgehead atoms. The fourth-order valence-corrected chi connectivity index (χ4v) is 2.53. The van der Waals surface area contributed by atoms with Crippen molar-refractivity contribution in [2.75, 3.05) is 0 Å². The second kappa shape index (κ2) is 4.61. The van der Waals surface area contributed by atoms with Crippen molar-refractivity contribution in [2.24, 2.45) is 0 Å². The lowest BCUT2D eigenvalue weighted by Gasteiger charge is -2.05. The van der Waals surface area contributed by atoms with Crippen LogP contribution in [0, 0.1) is 12.7 Å². The highest BCUT2D eigenvalue weighted by Crippen LogP contribution is 2.29. The van der Waals surface area contributed by atoms with Crippen molar-refractivity contribution in [3.63, 3.8) is 0 Å². The molecule has 0 radical (unpaired) electrons. The van der Waals surface area contributed by atoms with Gasteiger partial charge in [0, 0.05) is 11.6 Å². The maximum atomic E-state index is 13.7. The van der Waals surface area contributed by atoms with Crippen molar-refractivity contribution in [2.45, 2.75) is 6.92 Å². The molecule has 3 aromatic rings. The van der Waals surface area contributed by atoms with Gasteiger partial charge in [-0.2, -0.15) is 4.98 Å². The van der Waals surface area contributed by atoms with Crippen molar-refractivity contribution in [1.29, 1.82) is 0 Å². The molecule has 1 aromatic carbocycles. The Kier molecular flexibility index (Phi) is 2.90. The summed E-state index contributed by atoms with van der Waals surface area (Å²) in [5, 5.41) is 11.0. The van der Waals surface area contributed by atoms with Crippen LogP contribution in [-0.4, -0.2) is 20.5 Å². The Morgan fingerprint density at radius 2 is 2.30 bits per heavy atom. The second-order valence-electron chi connectivity index (χ2n) is 4.16. The van der Waals surface area contributed by atoms with Crippen LogP contribution in [0.4, 0.5) is 4.39 Å². The molecule has 1 N–H and O–H groups in total. The summed E-state index contributed by atoms with van der Waals surface area (Å²) in [7, 11) is 0. The van der Waals surface area contributed by atoms with Crippen LogP contribution >= 0.6 is 11.3 Å². The van der Waals surface area contributed by atoms with Crippen LogP contribution in [0.1, 0.15) is 16.1 Å². The number of fused-ring (bicyclic) bond motifs is 1. The number of hydrogen-bond acceptors (Lipinski definition) is 4. The molecule has 0 atom stereocenters. The Morgan fingerprint density at radius 3 is 3.05 bits per heavy atom. The van der Waals surface area contributed by atoms with Gasteiger partial charge in [0.1, 0.15) is 0 Å². The molecule has 0 fully saturated rings. The summed E-state index contributed by atoms with van der Waals surface area (Å²) < 4.78 is 20.4. The number of carboxylic acid groups (broad SMARTS) is 1. The Labute approximate surface area is 116 Å². The van der Waals surface area contributed by atoms with Gasteiger partial charge in [0.2, 0.25) is 0 Å². The fourth-order valence-electron chi connectivity index (χ4n) is 1.82. The molecule has 0 saturated carbocycles. The number of rotatable bonds is 3. The number of hydrogen-bond donors (Lipinski definition) is 1. The maximum Gasteiger partial charge on any atom is 0.358 e. The largest absolute Gasteiger partial charge is 0.476 e. The molecule has 0 aliphatic rings. The molecule has 2 heterocycles. The Morgan fingerprint density at radius 1 is 1.50 bits per heavy atom. The topological polar surface area (TPSA) is 63.8 Å². The van der Waals surface area contributed by atoms with Crippen LogP contribution in [0.25, 0.3) is 4.96 Å². The van der Waals surface area contributed by atoms with Crippen molar-refractivity contribution < 1.29 is 19.0 Å². The van der Waals surface area contributed by atoms with Gasteiger partial charge in [-0.05, 0) is 24.6 Å². The van der Waals surface area contributed by atoms with E-state index in [1.165, 1.54) is 27.9 Å². The third-order valence-corrected chi connectivity index (χ3v) is 3.48. The number of carboxylic acids is 1. The molecule has 2 aromatic heterocycles. The monoisotopic (exact) mass is 292 g/mol. The number of carbonyl (C=O) groups is 1. The van der Waals surface area contributed by atoms with Gasteiger partial charge in [0.25, 0.3) is 5.88 Å². The van der Waals surface area contributed by atoms with Gasteiger partial charge in [-0.1, -0.05) is 6.07 Å². The molecule has 3 rings (SSSR count). The Hall–Kier alpha value is -2.41. The fraction of sp³-hybridized carbons (Fsp3) is 0.0769. The third kappa shape index (κ3) is 2.01. The standard InChI is InChI=1S/C13H9FN2O3S/c1-7-2-3-8(14)9(6-7)19-11-10(12(17)18)16-4-5-20-13(16)15-11/h2-6H,1H3,(H,17,18). The molecule has 0 amide bonds. The van der Waals surface area contributed by atoms with Crippen molar-refractivity contribution >= 4 is 22.3 Å². The van der Waals surface area contributed by atoms with E-state index in [2.05, 4.69) is 4.98 Å². The van der Waals surface area contributed by atoms with Gasteiger partial charge >= 0.3 is 5.97 Å². The average Bonchev–Trinajstić information content (AvgIpc) is 2.93. The van der Waals surface area contributed by atoms with E-state index in [0.717, 1.165) is 5.56 Å². The zero-order valence-electron chi connectivity index (χ0n) is 10.3. The molecule has 7 heteroatoms. The summed E-state index contributed by atoms with van der Waals surface area (Å²) in [5.74, 6) is -1.91. The Balaban J connectivity index is 2.10. The number of aromatic carboxylic acids is 1. The molecule has 0 aliphatic carbocycles. The summed E-state index contributed by atoms with van der Waals surface area (Å²) in [4.78, 5) is 15.9. The predicted molar refractivity (Wildman–Crippen MR) is 71.2 cm³/mol. The molecule has 0 spiro atoms. The first kappa shape index (κ1) is 12.6. The first-order valence-corrected chi connectivity index (χ1v) is 6.57. The number of nitrogens with zero attached hydrogens (tertiary/aromatic N) is 2. The average molecular weight is 292 g/mol. The Bertz CT molecular complexity index is 809. The number of halogens is 1. The molecular weight excluding hydrogens is 283 g/mol. The van der Waals surface area contributed by atoms with Gasteiger partial charge in [0.15, 0.2) is 22.2 Å². The summed E-state index contributed by atoms with van der Waals surface area (Å²) in [6.45, 7) is 1.79. The normalized spacial score (nSPS) is 10.9. The van der Waals surface area contributed by atoms with Crippen molar-refractivity contribution in [3.05, 3.63) is 46.9 Å². The summed E-state index contributed by atoms with van der Waals surface area (Å²) in [6.07, 6.45) is 1.58. The van der Waals surface area contributed by atoms with E-state index in [9.17, 15) is 14.3 Å². The van der Waals surface area contributed by atoms with E-state index in [1.807, 2.05) is 0 Å². The zero-order valence-corrected chi connectivity index (χ0v) is 11.1. The van der Waals surface area contributed by atoms with Gasteiger partial charge in [-0.15, -0.1) is 11.3 Å². The van der Waals surface area contributed by atoms with Gasteiger partial charge < -0.3 is 9.84 Å². The predicted octanol–water partition coefficient (Wildman–Crippen LogP) is 3.33. The minimum absolute atomic E-state index is 0.0433. The summed E-state index contributed by atoms with van der Waals surface area (Å²) in [5.41, 5.74) is 0.682. The van der Waals surface area contributed by atoms with Crippen LogP contribution in [0.15, 0.2) is 29.8 Å². The number of benzene rings is 1. The van der Waals surface area contributed by atoms with E-state index in [4.69, 9.17) is 4.74 Å². The molecular formula is C13H9FN2O3S. The lowest BCUT2D eigenvalue weighted by molar-refractivity contribution is 0.0686. The van der Waals surface area contributed by atoms with Crippen molar-refractivity contribution in [3.8, 4) is 11.6 Å². The molecule has 20 heavy (non-hydrogen) atoms. The summed E-state index contributed by atoms with van der Waals surface area (Å²) >= 11 is 1.27. The van der Waals surface area contributed by atoms with Crippen LogP contribution < -0.4 is 4.74 Å². The van der Waals surface area contributed by atoms with Crippen LogP contribution in [0.3, 0.4) is 0 Å². The number of aromatic nitrogens is 2. The quantitative estimate of drug-likeness (QED) is 0.804. The number of imidazole rings is 1. The van der Waals surface area contributed by atoms with Crippen LogP contribution in [0.5, 0.6) is 11.6 Å². The summed E-state index contributed by atoms with van der Waals surface area (Å²) in [6, 6.07) is 4.37. The molecule has 0 aliphatic heterocycles. The number of ether oxygens (including phenoxy) is 1. The van der Waals surface area contributed by atoms with E-state index >= 15 is 0 Å². The van der Waals surface area contributed by atoms with E-state index < -0.39 is 11.8 Å². The minimum Gasteiger partial charge on any atom is -0.476 e. The third-order valence-electron chi connectivity index (χ3n) is 2.73. The van der Waals surface area contributed by atoms with E-state index in [-0.39, 0.29) is 17.3 Å². The lowest BCUT2D eigenvalue weighted by Crippen LogP contribution is -2.03. The maximum absolute atomic E-state index is 13.7. The first-order chi connectivity index (χ1) is 9.56. The highest BCUT2D eigenvalue weighted by molar-refractivity contribution is 7.15. The zero-order chi connectivity index (χ0) is 14.3. The van der Waals surface area contributed by atoms with Crippen LogP contribution in [-0.2, 0) is 0 Å². The SMILES string of the molecule is Cc1ccc(F)c(Oc2nc3sccn3c2C(=O)O)c1. The highest BCUT2D eigenvalue weighted by Gasteiger charge is 2.22. The number of aryl methyl sites for hydroxylation is 1. The van der Waals surface area contributed by atoms with E-state index in [1.54, 1.807) is 24.6 Å². The number of thiazole rings is 1. The van der Waals surface area contributed by atoms with Gasteiger partial charge in [0.05, 0.1) is 0 Å². The smallest absolute Gasteiger partial charge is 0.358 e. The second-order valence-corrected chi connectivity index (χ2v) is 5.04. The van der Waals surface area contributed by atoms with Crippen molar-refractivity contribution in [1.82, 2.24) is 9.38 Å².